The summed E-state index contributed by atoms with van der Waals surface area (Å²) in [6.07, 6.45) is 3.64. The fourth-order valence-electron chi connectivity index (χ4n) is 3.03. The van der Waals surface area contributed by atoms with Gasteiger partial charge < -0.3 is 9.55 Å². The first kappa shape index (κ1) is 15.8. The van der Waals surface area contributed by atoms with Crippen molar-refractivity contribution in [3.8, 4) is 22.6 Å². The molecular formula is C19H19N5S. The Hall–Kier alpha value is -2.73. The van der Waals surface area contributed by atoms with E-state index in [9.17, 15) is 0 Å². The number of imidazole rings is 2. The Morgan fingerprint density at radius 3 is 2.48 bits per heavy atom. The molecule has 25 heavy (non-hydrogen) atoms. The molecule has 3 heterocycles. The molecular weight excluding hydrogens is 330 g/mol. The first-order chi connectivity index (χ1) is 12.1. The Balaban J connectivity index is 1.86. The minimum atomic E-state index is 0.749. The van der Waals surface area contributed by atoms with Gasteiger partial charge in [0.05, 0.1) is 41.3 Å². The first-order valence-corrected chi connectivity index (χ1v) is 8.99. The Morgan fingerprint density at radius 2 is 1.84 bits per heavy atom. The summed E-state index contributed by atoms with van der Waals surface area (Å²) in [5, 5.41) is 1.09. The smallest absolute Gasteiger partial charge is 0.110 e. The van der Waals surface area contributed by atoms with E-state index in [4.69, 9.17) is 4.98 Å². The number of benzene rings is 1. The van der Waals surface area contributed by atoms with Crippen LogP contribution in [-0.2, 0) is 6.54 Å². The maximum atomic E-state index is 4.71. The topological polar surface area (TPSA) is 59.4 Å². The van der Waals surface area contributed by atoms with Crippen LogP contribution in [0.15, 0.2) is 43.0 Å². The quantitative estimate of drug-likeness (QED) is 0.595. The van der Waals surface area contributed by atoms with Crippen LogP contribution >= 0.6 is 11.3 Å². The molecule has 5 nitrogen and oxygen atoms in total. The molecule has 0 bridgehead atoms. The average Bonchev–Trinajstić information content (AvgIpc) is 3.28. The van der Waals surface area contributed by atoms with Gasteiger partial charge in [0.15, 0.2) is 0 Å². The summed E-state index contributed by atoms with van der Waals surface area (Å²) >= 11 is 1.74. The van der Waals surface area contributed by atoms with E-state index in [0.29, 0.717) is 0 Å². The number of rotatable bonds is 4. The minimum Gasteiger partial charge on any atom is -0.348 e. The third-order valence-electron chi connectivity index (χ3n) is 4.25. The lowest BCUT2D eigenvalue weighted by molar-refractivity contribution is 0.807. The van der Waals surface area contributed by atoms with Crippen LogP contribution in [0, 0.1) is 20.8 Å². The van der Waals surface area contributed by atoms with Gasteiger partial charge in [-0.05, 0) is 20.8 Å². The molecule has 0 aliphatic carbocycles. The minimum absolute atomic E-state index is 0.749. The number of hydrogen-bond acceptors (Lipinski definition) is 4. The molecule has 0 radical (unpaired) electrons. The van der Waals surface area contributed by atoms with Gasteiger partial charge in [-0.15, -0.1) is 11.3 Å². The predicted octanol–water partition coefficient (Wildman–Crippen LogP) is 4.37. The normalized spacial score (nSPS) is 11.2. The Morgan fingerprint density at radius 1 is 1.04 bits per heavy atom. The van der Waals surface area contributed by atoms with Gasteiger partial charge in [0.1, 0.15) is 5.69 Å². The fraction of sp³-hybridized carbons (Fsp3) is 0.211. The highest BCUT2D eigenvalue weighted by Gasteiger charge is 2.19. The monoisotopic (exact) mass is 349 g/mol. The summed E-state index contributed by atoms with van der Waals surface area (Å²) in [5.74, 6) is 0. The summed E-state index contributed by atoms with van der Waals surface area (Å²) in [5.41, 5.74) is 6.15. The summed E-state index contributed by atoms with van der Waals surface area (Å²) < 4.78 is 2.17. The number of hydrogen-bond donors (Lipinski definition) is 1. The van der Waals surface area contributed by atoms with Gasteiger partial charge in [0, 0.05) is 16.1 Å². The van der Waals surface area contributed by atoms with Crippen molar-refractivity contribution in [1.29, 1.82) is 0 Å². The van der Waals surface area contributed by atoms with Crippen LogP contribution in [0.5, 0.6) is 0 Å². The van der Waals surface area contributed by atoms with Crippen LogP contribution in [0.3, 0.4) is 0 Å². The SMILES string of the molecule is Cc1nc(C)c(Cn2cnc(-c3ccccc3)c2-c2nc[nH]c2C)s1. The molecule has 3 aromatic heterocycles. The van der Waals surface area contributed by atoms with Gasteiger partial charge in [0.2, 0.25) is 0 Å². The van der Waals surface area contributed by atoms with Gasteiger partial charge in [-0.25, -0.2) is 15.0 Å². The molecule has 0 amide bonds. The van der Waals surface area contributed by atoms with Crippen molar-refractivity contribution in [2.75, 3.05) is 0 Å². The number of aromatic amines is 1. The van der Waals surface area contributed by atoms with E-state index in [1.807, 2.05) is 38.4 Å². The van der Waals surface area contributed by atoms with E-state index in [1.54, 1.807) is 17.7 Å². The van der Waals surface area contributed by atoms with E-state index < -0.39 is 0 Å². The third-order valence-corrected chi connectivity index (χ3v) is 5.31. The van der Waals surface area contributed by atoms with Gasteiger partial charge in [0.25, 0.3) is 0 Å². The second kappa shape index (κ2) is 6.29. The standard InChI is InChI=1S/C19H19N5S/c1-12-16(25-14(3)23-12)9-24-11-22-18(15-7-5-4-6-8-15)19(24)17-13(2)20-10-21-17/h4-8,10-11H,9H2,1-3H3,(H,20,21). The molecule has 6 heteroatoms. The highest BCUT2D eigenvalue weighted by Crippen LogP contribution is 2.32. The second-order valence-corrected chi connectivity index (χ2v) is 7.34. The van der Waals surface area contributed by atoms with Crippen LogP contribution in [0.2, 0.25) is 0 Å². The first-order valence-electron chi connectivity index (χ1n) is 8.17. The van der Waals surface area contributed by atoms with E-state index in [0.717, 1.165) is 45.6 Å². The zero-order chi connectivity index (χ0) is 17.4. The molecule has 1 N–H and O–H groups in total. The van der Waals surface area contributed by atoms with Crippen LogP contribution < -0.4 is 0 Å². The van der Waals surface area contributed by atoms with E-state index >= 15 is 0 Å². The number of thiazole rings is 1. The Bertz CT molecular complexity index is 1010. The molecule has 0 spiro atoms. The van der Waals surface area contributed by atoms with E-state index in [2.05, 4.69) is 38.6 Å². The fourth-order valence-corrected chi connectivity index (χ4v) is 3.97. The molecule has 4 aromatic rings. The summed E-state index contributed by atoms with van der Waals surface area (Å²) in [6.45, 7) is 6.89. The van der Waals surface area contributed by atoms with Crippen molar-refractivity contribution in [3.63, 3.8) is 0 Å². The molecule has 126 valence electrons. The number of H-pyrrole nitrogens is 1. The zero-order valence-corrected chi connectivity index (χ0v) is 15.3. The third kappa shape index (κ3) is 2.89. The summed E-state index contributed by atoms with van der Waals surface area (Å²) in [6, 6.07) is 10.3. The van der Waals surface area contributed by atoms with Crippen molar-refractivity contribution < 1.29 is 0 Å². The lowest BCUT2D eigenvalue weighted by Crippen LogP contribution is -2.02. The maximum Gasteiger partial charge on any atom is 0.110 e. The molecule has 0 fully saturated rings. The molecule has 0 unspecified atom stereocenters. The van der Waals surface area contributed by atoms with Crippen LogP contribution in [-0.4, -0.2) is 24.5 Å². The maximum absolute atomic E-state index is 4.71. The van der Waals surface area contributed by atoms with Gasteiger partial charge >= 0.3 is 0 Å². The number of nitrogens with one attached hydrogen (secondary N) is 1. The summed E-state index contributed by atoms with van der Waals surface area (Å²) in [7, 11) is 0. The highest BCUT2D eigenvalue weighted by molar-refractivity contribution is 7.11. The lowest BCUT2D eigenvalue weighted by atomic mass is 10.1. The summed E-state index contributed by atoms with van der Waals surface area (Å²) in [4.78, 5) is 18.2. The number of aromatic nitrogens is 5. The molecule has 0 atom stereocenters. The second-order valence-electron chi connectivity index (χ2n) is 6.05. The molecule has 1 aromatic carbocycles. The van der Waals surface area contributed by atoms with Crippen molar-refractivity contribution in [1.82, 2.24) is 24.5 Å². The Labute approximate surface area is 150 Å². The van der Waals surface area contributed by atoms with Crippen molar-refractivity contribution >= 4 is 11.3 Å². The van der Waals surface area contributed by atoms with Crippen LogP contribution in [0.25, 0.3) is 22.6 Å². The van der Waals surface area contributed by atoms with E-state index in [1.165, 1.54) is 4.88 Å². The van der Waals surface area contributed by atoms with Gasteiger partial charge in [-0.1, -0.05) is 30.3 Å². The largest absolute Gasteiger partial charge is 0.348 e. The van der Waals surface area contributed by atoms with Crippen molar-refractivity contribution in [2.45, 2.75) is 27.3 Å². The van der Waals surface area contributed by atoms with Crippen molar-refractivity contribution in [3.05, 3.63) is 64.3 Å². The van der Waals surface area contributed by atoms with E-state index in [-0.39, 0.29) is 0 Å². The lowest BCUT2D eigenvalue weighted by Gasteiger charge is -2.09. The molecule has 0 saturated heterocycles. The molecule has 0 aliphatic rings. The van der Waals surface area contributed by atoms with Crippen LogP contribution in [0.4, 0.5) is 0 Å². The highest BCUT2D eigenvalue weighted by atomic mass is 32.1. The van der Waals surface area contributed by atoms with Gasteiger partial charge in [-0.2, -0.15) is 0 Å². The molecule has 0 aliphatic heterocycles. The number of nitrogens with zero attached hydrogens (tertiary/aromatic N) is 4. The van der Waals surface area contributed by atoms with Crippen molar-refractivity contribution in [2.24, 2.45) is 0 Å². The Kier molecular flexibility index (Phi) is 3.97. The molecule has 0 saturated carbocycles. The zero-order valence-electron chi connectivity index (χ0n) is 14.4. The molecule has 4 rings (SSSR count). The predicted molar refractivity (Wildman–Crippen MR) is 101 cm³/mol. The average molecular weight is 349 g/mol. The van der Waals surface area contributed by atoms with Gasteiger partial charge in [-0.3, -0.25) is 0 Å². The van der Waals surface area contributed by atoms with Crippen LogP contribution in [0.1, 0.15) is 21.3 Å². The number of aryl methyl sites for hydroxylation is 3.